The number of rotatable bonds is 11. The van der Waals surface area contributed by atoms with Gasteiger partial charge in [0.15, 0.2) is 0 Å². The molecular weight excluding hydrogens is 285 g/mol. The number of hydrogen-bond donors (Lipinski definition) is 0. The van der Waals surface area contributed by atoms with Gasteiger partial charge < -0.3 is 9.68 Å². The van der Waals surface area contributed by atoms with E-state index in [2.05, 4.69) is 6.92 Å². The zero-order chi connectivity index (χ0) is 14.5. The van der Waals surface area contributed by atoms with Crippen LogP contribution in [-0.2, 0) is 19.3 Å². The molecule has 20 heavy (non-hydrogen) atoms. The van der Waals surface area contributed by atoms with Gasteiger partial charge in [-0.15, -0.1) is 0 Å². The SMILES string of the molecule is CCCCCCCCN(OC(=O)CC)OC(=O)CC.[KH]. The van der Waals surface area contributed by atoms with E-state index in [1.165, 1.54) is 19.3 Å². The molecule has 0 saturated heterocycles. The second-order valence-electron chi connectivity index (χ2n) is 4.46. The third-order valence-electron chi connectivity index (χ3n) is 2.68. The van der Waals surface area contributed by atoms with Crippen LogP contribution >= 0.6 is 0 Å². The van der Waals surface area contributed by atoms with Crippen molar-refractivity contribution in [1.29, 1.82) is 0 Å². The van der Waals surface area contributed by atoms with E-state index in [9.17, 15) is 9.59 Å². The van der Waals surface area contributed by atoms with Gasteiger partial charge >= 0.3 is 63.3 Å². The molecule has 0 fully saturated rings. The Morgan fingerprint density at radius 1 is 0.800 bits per heavy atom. The number of unbranched alkanes of at least 4 members (excludes halogenated alkanes) is 5. The molecule has 0 rings (SSSR count). The topological polar surface area (TPSA) is 55.8 Å². The Bertz CT molecular complexity index is 244. The summed E-state index contributed by atoms with van der Waals surface area (Å²) in [5.74, 6) is -0.787. The van der Waals surface area contributed by atoms with Gasteiger partial charge in [0.05, 0.1) is 6.54 Å². The van der Waals surface area contributed by atoms with Gasteiger partial charge in [0, 0.05) is 18.1 Å². The molecule has 6 heteroatoms. The van der Waals surface area contributed by atoms with E-state index >= 15 is 0 Å². The number of carbonyl (C=O) groups is 2. The van der Waals surface area contributed by atoms with Gasteiger partial charge in [-0.1, -0.05) is 52.9 Å². The summed E-state index contributed by atoms with van der Waals surface area (Å²) in [5, 5.41) is 1.03. The fraction of sp³-hybridized carbons (Fsp3) is 0.857. The van der Waals surface area contributed by atoms with Crippen molar-refractivity contribution in [3.63, 3.8) is 0 Å². The summed E-state index contributed by atoms with van der Waals surface area (Å²) in [7, 11) is 0. The van der Waals surface area contributed by atoms with Crippen LogP contribution in [0.4, 0.5) is 0 Å². The molecule has 0 unspecified atom stereocenters. The maximum atomic E-state index is 11.2. The molecule has 0 aromatic rings. The van der Waals surface area contributed by atoms with Crippen LogP contribution in [0.3, 0.4) is 0 Å². The van der Waals surface area contributed by atoms with E-state index in [1.807, 2.05) is 0 Å². The second-order valence-corrected chi connectivity index (χ2v) is 4.46. The molecule has 0 bridgehead atoms. The van der Waals surface area contributed by atoms with Gasteiger partial charge in [-0.3, -0.25) is 9.59 Å². The summed E-state index contributed by atoms with van der Waals surface area (Å²) in [6, 6.07) is 0. The molecule has 0 aliphatic rings. The van der Waals surface area contributed by atoms with Crippen LogP contribution < -0.4 is 0 Å². The van der Waals surface area contributed by atoms with Crippen molar-refractivity contribution >= 4 is 63.3 Å². The fourth-order valence-corrected chi connectivity index (χ4v) is 1.49. The molecule has 5 nitrogen and oxygen atoms in total. The van der Waals surface area contributed by atoms with E-state index in [1.54, 1.807) is 13.8 Å². The summed E-state index contributed by atoms with van der Waals surface area (Å²) in [6.45, 7) is 6.01. The normalized spacial score (nSPS) is 10.0. The standard InChI is InChI=1S/C14H27NO4.K.H/c1-4-7-8-9-10-11-12-15(18-13(16)5-2)19-14(17)6-3;;/h4-12H2,1-3H3;;. The van der Waals surface area contributed by atoms with Crippen LogP contribution in [0.25, 0.3) is 0 Å². The van der Waals surface area contributed by atoms with Crippen LogP contribution in [0.2, 0.25) is 0 Å². The van der Waals surface area contributed by atoms with E-state index in [4.69, 9.17) is 9.68 Å². The van der Waals surface area contributed by atoms with Crippen LogP contribution in [-0.4, -0.2) is 75.1 Å². The predicted molar refractivity (Wildman–Crippen MR) is 80.0 cm³/mol. The molecule has 0 radical (unpaired) electrons. The van der Waals surface area contributed by atoms with Gasteiger partial charge in [-0.25, -0.2) is 0 Å². The molecule has 0 aromatic heterocycles. The van der Waals surface area contributed by atoms with Crippen molar-refractivity contribution in [2.24, 2.45) is 0 Å². The van der Waals surface area contributed by atoms with E-state index in [0.717, 1.165) is 24.5 Å². The third kappa shape index (κ3) is 13.5. The molecule has 0 spiro atoms. The van der Waals surface area contributed by atoms with Gasteiger partial charge in [0.1, 0.15) is 0 Å². The van der Waals surface area contributed by atoms with Crippen molar-refractivity contribution in [1.82, 2.24) is 5.23 Å². The van der Waals surface area contributed by atoms with Crippen molar-refractivity contribution in [2.75, 3.05) is 6.54 Å². The van der Waals surface area contributed by atoms with E-state index in [-0.39, 0.29) is 64.2 Å². The molecule has 0 aliphatic carbocycles. The van der Waals surface area contributed by atoms with Crippen molar-refractivity contribution in [3.05, 3.63) is 0 Å². The Morgan fingerprint density at radius 2 is 1.25 bits per heavy atom. The summed E-state index contributed by atoms with van der Waals surface area (Å²) >= 11 is 0. The van der Waals surface area contributed by atoms with Gasteiger partial charge in [-0.2, -0.15) is 0 Å². The first kappa shape index (κ1) is 22.8. The number of carbonyl (C=O) groups excluding carboxylic acids is 2. The van der Waals surface area contributed by atoms with Gasteiger partial charge in [0.25, 0.3) is 0 Å². The molecule has 0 heterocycles. The van der Waals surface area contributed by atoms with Crippen LogP contribution in [0.1, 0.15) is 72.1 Å². The first-order valence-corrected chi connectivity index (χ1v) is 7.33. The number of hydroxylamine groups is 2. The Kier molecular flexibility index (Phi) is 18.2. The summed E-state index contributed by atoms with van der Waals surface area (Å²) < 4.78 is 0. The molecule has 114 valence electrons. The average molecular weight is 313 g/mol. The quantitative estimate of drug-likeness (QED) is 0.333. The zero-order valence-electron chi connectivity index (χ0n) is 12.4. The molecule has 0 aromatic carbocycles. The third-order valence-corrected chi connectivity index (χ3v) is 2.68. The van der Waals surface area contributed by atoms with Crippen molar-refractivity contribution < 1.29 is 19.3 Å². The fourth-order valence-electron chi connectivity index (χ4n) is 1.49. The summed E-state index contributed by atoms with van der Waals surface area (Å²) in [4.78, 5) is 32.3. The molecule has 0 atom stereocenters. The minimum absolute atomic E-state index is 0. The van der Waals surface area contributed by atoms with Crippen LogP contribution in [0.15, 0.2) is 0 Å². The van der Waals surface area contributed by atoms with E-state index in [0.29, 0.717) is 6.54 Å². The monoisotopic (exact) mass is 313 g/mol. The van der Waals surface area contributed by atoms with Crippen molar-refractivity contribution in [2.45, 2.75) is 72.1 Å². The van der Waals surface area contributed by atoms with Crippen LogP contribution in [0, 0.1) is 0 Å². The Morgan fingerprint density at radius 3 is 1.70 bits per heavy atom. The second kappa shape index (κ2) is 15.9. The number of hydrogen-bond acceptors (Lipinski definition) is 5. The maximum absolute atomic E-state index is 11.2. The summed E-state index contributed by atoms with van der Waals surface area (Å²) in [6.07, 6.45) is 7.26. The van der Waals surface area contributed by atoms with Gasteiger partial charge in [0.2, 0.25) is 0 Å². The van der Waals surface area contributed by atoms with Gasteiger partial charge in [-0.05, 0) is 6.42 Å². The van der Waals surface area contributed by atoms with E-state index < -0.39 is 11.9 Å². The number of nitrogens with zero attached hydrogens (tertiary/aromatic N) is 1. The Balaban J connectivity index is 0. The first-order chi connectivity index (χ1) is 9.13. The molecule has 0 saturated carbocycles. The van der Waals surface area contributed by atoms with Crippen molar-refractivity contribution in [3.8, 4) is 0 Å². The van der Waals surface area contributed by atoms with Crippen LogP contribution in [0.5, 0.6) is 0 Å². The predicted octanol–water partition coefficient (Wildman–Crippen LogP) is 2.74. The summed E-state index contributed by atoms with van der Waals surface area (Å²) in [5.41, 5.74) is 0. The molecule has 0 N–H and O–H groups in total. The Labute approximate surface area is 165 Å². The zero-order valence-corrected chi connectivity index (χ0v) is 12.4. The molecule has 0 amide bonds. The average Bonchev–Trinajstić information content (AvgIpc) is 2.41. The first-order valence-electron chi connectivity index (χ1n) is 7.33. The molecular formula is C14H28KNO4. The molecule has 0 aliphatic heterocycles. The Hall–Kier alpha value is 0.536. The minimum atomic E-state index is -0.394.